The number of hydrazone groups is 1. The maximum Gasteiger partial charge on any atom is 0.271 e. The third-order valence-corrected chi connectivity index (χ3v) is 2.60. The minimum Gasteiger partial charge on any atom is -0.289 e. The third-order valence-electron chi connectivity index (χ3n) is 1.94. The number of halogens is 2. The number of hydrogen-bond donors (Lipinski definition) is 2. The minimum absolute atomic E-state index is 0.127. The van der Waals surface area contributed by atoms with Gasteiger partial charge in [0.05, 0.1) is 16.3 Å². The lowest BCUT2D eigenvalue weighted by Crippen LogP contribution is -2.10. The predicted molar refractivity (Wildman–Crippen MR) is 70.3 cm³/mol. The van der Waals surface area contributed by atoms with Crippen molar-refractivity contribution in [2.24, 2.45) is 5.10 Å². The summed E-state index contributed by atoms with van der Waals surface area (Å²) in [6.45, 7) is 0. The van der Waals surface area contributed by atoms with Crippen LogP contribution in [0.5, 0.6) is 0 Å². The van der Waals surface area contributed by atoms with E-state index < -0.39 is 0 Å². The Morgan fingerprint density at radius 1 is 1.33 bits per heavy atom. The molecule has 0 amide bonds. The maximum atomic E-state index is 10.9. The quantitative estimate of drug-likeness (QED) is 0.666. The normalized spacial score (nSPS) is 10.8. The molecule has 1 aromatic carbocycles. The number of aromatic nitrogens is 3. The molecule has 1 aromatic heterocycles. The topological polar surface area (TPSA) is 83.0 Å². The highest BCUT2D eigenvalue weighted by molar-refractivity contribution is 6.38. The molecule has 0 saturated carbocycles. The van der Waals surface area contributed by atoms with Crippen LogP contribution in [0.3, 0.4) is 0 Å². The summed E-state index contributed by atoms with van der Waals surface area (Å²) in [4.78, 5) is 13.3. The highest BCUT2D eigenvalue weighted by Crippen LogP contribution is 2.22. The first-order valence-corrected chi connectivity index (χ1v) is 5.57. The summed E-state index contributed by atoms with van der Waals surface area (Å²) in [6, 6.07) is 5.12. The molecule has 92 valence electrons. The van der Waals surface area contributed by atoms with Crippen LogP contribution in [0.1, 0.15) is 5.56 Å². The van der Waals surface area contributed by atoms with Gasteiger partial charge in [0.25, 0.3) is 5.56 Å². The van der Waals surface area contributed by atoms with Crippen LogP contribution in [0, 0.1) is 0 Å². The standard InChI is InChI=1S/C10H7Cl2N5O/c11-7-2-1-3-8(12)6(7)4-13-16-10-15-9(18)5-14-17-10/h1-5H,(H2,15,16,17,18)/b13-4-. The molecule has 0 aliphatic rings. The highest BCUT2D eigenvalue weighted by atomic mass is 35.5. The average Bonchev–Trinajstić information content (AvgIpc) is 2.33. The van der Waals surface area contributed by atoms with Gasteiger partial charge in [0, 0.05) is 5.56 Å². The van der Waals surface area contributed by atoms with Crippen molar-refractivity contribution < 1.29 is 0 Å². The molecule has 0 aliphatic heterocycles. The van der Waals surface area contributed by atoms with Crippen LogP contribution in [0.4, 0.5) is 5.95 Å². The van der Waals surface area contributed by atoms with Gasteiger partial charge in [-0.05, 0) is 12.1 Å². The van der Waals surface area contributed by atoms with Gasteiger partial charge in [0.1, 0.15) is 6.20 Å². The summed E-state index contributed by atoms with van der Waals surface area (Å²) in [5, 5.41) is 11.9. The molecule has 0 spiro atoms. The van der Waals surface area contributed by atoms with Crippen molar-refractivity contribution >= 4 is 35.4 Å². The Kier molecular flexibility index (Phi) is 3.91. The molecule has 0 bridgehead atoms. The van der Waals surface area contributed by atoms with E-state index in [1.165, 1.54) is 6.21 Å². The van der Waals surface area contributed by atoms with Gasteiger partial charge in [-0.1, -0.05) is 29.3 Å². The summed E-state index contributed by atoms with van der Waals surface area (Å²) in [6.07, 6.45) is 2.48. The Morgan fingerprint density at radius 3 is 2.72 bits per heavy atom. The number of anilines is 1. The molecule has 2 N–H and O–H groups in total. The van der Waals surface area contributed by atoms with Gasteiger partial charge in [-0.2, -0.15) is 5.10 Å². The molecule has 0 unspecified atom stereocenters. The maximum absolute atomic E-state index is 10.9. The van der Waals surface area contributed by atoms with E-state index in [0.717, 1.165) is 6.20 Å². The first-order chi connectivity index (χ1) is 8.66. The molecule has 0 fully saturated rings. The van der Waals surface area contributed by atoms with Crippen LogP contribution in [-0.4, -0.2) is 21.4 Å². The zero-order valence-corrected chi connectivity index (χ0v) is 10.4. The second kappa shape index (κ2) is 5.61. The van der Waals surface area contributed by atoms with Gasteiger partial charge in [0.15, 0.2) is 0 Å². The summed E-state index contributed by atoms with van der Waals surface area (Å²) in [7, 11) is 0. The van der Waals surface area contributed by atoms with Crippen LogP contribution in [0.25, 0.3) is 0 Å². The van der Waals surface area contributed by atoms with Crippen LogP contribution < -0.4 is 11.0 Å². The molecule has 18 heavy (non-hydrogen) atoms. The Morgan fingerprint density at radius 2 is 2.06 bits per heavy atom. The monoisotopic (exact) mass is 283 g/mol. The van der Waals surface area contributed by atoms with Crippen molar-refractivity contribution in [3.05, 3.63) is 50.4 Å². The van der Waals surface area contributed by atoms with Crippen molar-refractivity contribution in [3.63, 3.8) is 0 Å². The summed E-state index contributed by atoms with van der Waals surface area (Å²) in [5.41, 5.74) is 2.70. The first kappa shape index (κ1) is 12.5. The Bertz CT molecular complexity index is 620. The second-order valence-electron chi connectivity index (χ2n) is 3.19. The molecular formula is C10H7Cl2N5O. The molecule has 0 radical (unpaired) electrons. The molecule has 2 aromatic rings. The highest BCUT2D eigenvalue weighted by Gasteiger charge is 2.01. The van der Waals surface area contributed by atoms with E-state index in [1.54, 1.807) is 18.2 Å². The largest absolute Gasteiger partial charge is 0.289 e. The predicted octanol–water partition coefficient (Wildman–Crippen LogP) is 1.92. The Labute approximate surface area is 112 Å². The Balaban J connectivity index is 2.15. The first-order valence-electron chi connectivity index (χ1n) is 4.82. The van der Waals surface area contributed by atoms with E-state index in [2.05, 4.69) is 25.7 Å². The smallest absolute Gasteiger partial charge is 0.271 e. The van der Waals surface area contributed by atoms with E-state index >= 15 is 0 Å². The van der Waals surface area contributed by atoms with Crippen LogP contribution in [0.2, 0.25) is 10.0 Å². The Hall–Kier alpha value is -1.92. The third kappa shape index (κ3) is 3.06. The fourth-order valence-corrected chi connectivity index (χ4v) is 1.65. The lowest BCUT2D eigenvalue weighted by molar-refractivity contribution is 0.939. The molecule has 6 nitrogen and oxygen atoms in total. The van der Waals surface area contributed by atoms with Gasteiger partial charge in [-0.3, -0.25) is 9.78 Å². The SMILES string of the molecule is O=c1cnnc(N/N=C\c2c(Cl)cccc2Cl)[nH]1. The summed E-state index contributed by atoms with van der Waals surface area (Å²) >= 11 is 11.9. The number of benzene rings is 1. The van der Waals surface area contributed by atoms with E-state index in [0.29, 0.717) is 15.6 Å². The van der Waals surface area contributed by atoms with E-state index in [9.17, 15) is 4.79 Å². The van der Waals surface area contributed by atoms with E-state index in [-0.39, 0.29) is 11.5 Å². The van der Waals surface area contributed by atoms with E-state index in [1.807, 2.05) is 0 Å². The van der Waals surface area contributed by atoms with Crippen LogP contribution >= 0.6 is 23.2 Å². The van der Waals surface area contributed by atoms with Gasteiger partial charge >= 0.3 is 0 Å². The number of nitrogens with one attached hydrogen (secondary N) is 2. The van der Waals surface area contributed by atoms with Crippen LogP contribution in [-0.2, 0) is 0 Å². The van der Waals surface area contributed by atoms with Crippen LogP contribution in [0.15, 0.2) is 34.3 Å². The van der Waals surface area contributed by atoms with Crippen molar-refractivity contribution in [1.82, 2.24) is 15.2 Å². The van der Waals surface area contributed by atoms with Gasteiger partial charge in [-0.15, -0.1) is 10.2 Å². The zero-order chi connectivity index (χ0) is 13.0. The molecule has 0 saturated heterocycles. The number of nitrogens with zero attached hydrogens (tertiary/aromatic N) is 3. The minimum atomic E-state index is -0.376. The zero-order valence-electron chi connectivity index (χ0n) is 8.89. The van der Waals surface area contributed by atoms with Crippen molar-refractivity contribution in [1.29, 1.82) is 0 Å². The average molecular weight is 284 g/mol. The summed E-state index contributed by atoms with van der Waals surface area (Å²) < 4.78 is 0. The fourth-order valence-electron chi connectivity index (χ4n) is 1.16. The summed E-state index contributed by atoms with van der Waals surface area (Å²) in [5.74, 6) is 0.127. The van der Waals surface area contributed by atoms with Crippen molar-refractivity contribution in [3.8, 4) is 0 Å². The molecule has 1 heterocycles. The molecular weight excluding hydrogens is 277 g/mol. The van der Waals surface area contributed by atoms with Gasteiger partial charge in [0.2, 0.25) is 5.95 Å². The molecule has 0 aliphatic carbocycles. The number of hydrogen-bond acceptors (Lipinski definition) is 5. The van der Waals surface area contributed by atoms with Crippen molar-refractivity contribution in [2.75, 3.05) is 5.43 Å². The second-order valence-corrected chi connectivity index (χ2v) is 4.00. The van der Waals surface area contributed by atoms with Gasteiger partial charge in [-0.25, -0.2) is 5.43 Å². The number of aromatic amines is 1. The number of H-pyrrole nitrogens is 1. The molecule has 2 rings (SSSR count). The van der Waals surface area contributed by atoms with Crippen molar-refractivity contribution in [2.45, 2.75) is 0 Å². The fraction of sp³-hybridized carbons (Fsp3) is 0. The number of rotatable bonds is 3. The molecule has 0 atom stereocenters. The molecule has 8 heteroatoms. The van der Waals surface area contributed by atoms with E-state index in [4.69, 9.17) is 23.2 Å². The lowest BCUT2D eigenvalue weighted by atomic mass is 10.2. The van der Waals surface area contributed by atoms with Gasteiger partial charge < -0.3 is 0 Å². The lowest BCUT2D eigenvalue weighted by Gasteiger charge is -2.00.